The molecular formula is C9H16N4O2. The summed E-state index contributed by atoms with van der Waals surface area (Å²) >= 11 is 0. The van der Waals surface area contributed by atoms with Gasteiger partial charge in [0.1, 0.15) is 12.9 Å². The number of nitrogens with zero attached hydrogens (tertiary/aromatic N) is 3. The van der Waals surface area contributed by atoms with E-state index in [0.717, 1.165) is 25.5 Å². The second-order valence-corrected chi connectivity index (χ2v) is 3.51. The van der Waals surface area contributed by atoms with Crippen molar-refractivity contribution in [3.8, 4) is 0 Å². The highest BCUT2D eigenvalue weighted by Crippen LogP contribution is 1.99. The largest absolute Gasteiger partial charge is 0.373 e. The Hall–Kier alpha value is -0.980. The first kappa shape index (κ1) is 10.5. The topological polar surface area (TPSA) is 61.2 Å². The van der Waals surface area contributed by atoms with Crippen LogP contribution >= 0.6 is 0 Å². The molecule has 1 fully saturated rings. The maximum atomic E-state index is 5.51. The van der Waals surface area contributed by atoms with Gasteiger partial charge < -0.3 is 14.8 Å². The van der Waals surface area contributed by atoms with Crippen molar-refractivity contribution in [3.05, 3.63) is 12.2 Å². The van der Waals surface area contributed by atoms with Crippen LogP contribution in [0.3, 0.4) is 0 Å². The number of ether oxygens (including phenoxy) is 2. The van der Waals surface area contributed by atoms with Crippen molar-refractivity contribution in [1.29, 1.82) is 0 Å². The number of aromatic nitrogens is 3. The second-order valence-electron chi connectivity index (χ2n) is 3.51. The average molecular weight is 212 g/mol. The molecule has 1 aromatic heterocycles. The van der Waals surface area contributed by atoms with E-state index in [-0.39, 0.29) is 6.10 Å². The predicted octanol–water partition coefficient (Wildman–Crippen LogP) is -0.680. The van der Waals surface area contributed by atoms with Gasteiger partial charge in [0.25, 0.3) is 0 Å². The molecular weight excluding hydrogens is 196 g/mol. The molecule has 0 bridgehead atoms. The molecule has 1 N–H and O–H groups in total. The van der Waals surface area contributed by atoms with Crippen molar-refractivity contribution in [2.45, 2.75) is 12.7 Å². The highest BCUT2D eigenvalue weighted by molar-refractivity contribution is 4.79. The Morgan fingerprint density at radius 2 is 2.67 bits per heavy atom. The average Bonchev–Trinajstić information content (AvgIpc) is 2.66. The van der Waals surface area contributed by atoms with Crippen LogP contribution in [0.15, 0.2) is 6.33 Å². The highest BCUT2D eigenvalue weighted by Gasteiger charge is 2.13. The van der Waals surface area contributed by atoms with Crippen LogP contribution in [0.4, 0.5) is 0 Å². The van der Waals surface area contributed by atoms with E-state index in [9.17, 15) is 0 Å². The molecule has 1 aliphatic rings. The number of hydrogen-bond acceptors (Lipinski definition) is 5. The number of aryl methyl sites for hydroxylation is 1. The second kappa shape index (κ2) is 5.20. The normalized spacial score (nSPS) is 21.8. The summed E-state index contributed by atoms with van der Waals surface area (Å²) in [5.74, 6) is 0.832. The van der Waals surface area contributed by atoms with E-state index < -0.39 is 0 Å². The van der Waals surface area contributed by atoms with E-state index >= 15 is 0 Å². The molecule has 0 spiro atoms. The van der Waals surface area contributed by atoms with Crippen LogP contribution in [0.2, 0.25) is 0 Å². The fourth-order valence-corrected chi connectivity index (χ4v) is 1.46. The number of nitrogens with one attached hydrogen (secondary N) is 1. The van der Waals surface area contributed by atoms with Crippen LogP contribution in [-0.2, 0) is 23.1 Å². The van der Waals surface area contributed by atoms with Crippen LogP contribution < -0.4 is 5.32 Å². The van der Waals surface area contributed by atoms with E-state index in [4.69, 9.17) is 9.47 Å². The van der Waals surface area contributed by atoms with Crippen molar-refractivity contribution in [1.82, 2.24) is 20.1 Å². The van der Waals surface area contributed by atoms with Gasteiger partial charge in [0.05, 0.1) is 19.3 Å². The summed E-state index contributed by atoms with van der Waals surface area (Å²) in [4.78, 5) is 4.07. The molecule has 1 atom stereocenters. The maximum Gasteiger partial charge on any atom is 0.152 e. The van der Waals surface area contributed by atoms with Gasteiger partial charge in [0.2, 0.25) is 0 Å². The SMILES string of the molecule is Cn1ncnc1COCC1CNCCO1. The van der Waals surface area contributed by atoms with Gasteiger partial charge in [-0.05, 0) is 0 Å². The van der Waals surface area contributed by atoms with Gasteiger partial charge >= 0.3 is 0 Å². The molecule has 84 valence electrons. The summed E-state index contributed by atoms with van der Waals surface area (Å²) in [5.41, 5.74) is 0. The molecule has 2 rings (SSSR count). The monoisotopic (exact) mass is 212 g/mol. The third kappa shape index (κ3) is 2.98. The van der Waals surface area contributed by atoms with Gasteiger partial charge in [0.15, 0.2) is 5.82 Å². The summed E-state index contributed by atoms with van der Waals surface area (Å²) in [6.07, 6.45) is 1.68. The highest BCUT2D eigenvalue weighted by atomic mass is 16.5. The van der Waals surface area contributed by atoms with E-state index in [0.29, 0.717) is 13.2 Å². The van der Waals surface area contributed by atoms with E-state index in [1.807, 2.05) is 7.05 Å². The Labute approximate surface area is 88.6 Å². The Balaban J connectivity index is 1.68. The molecule has 2 heterocycles. The minimum atomic E-state index is 0.159. The summed E-state index contributed by atoms with van der Waals surface area (Å²) in [6, 6.07) is 0. The van der Waals surface area contributed by atoms with Crippen LogP contribution in [-0.4, -0.2) is 47.2 Å². The Kier molecular flexibility index (Phi) is 3.65. The zero-order chi connectivity index (χ0) is 10.5. The van der Waals surface area contributed by atoms with Crippen molar-refractivity contribution in [3.63, 3.8) is 0 Å². The summed E-state index contributed by atoms with van der Waals surface area (Å²) in [6.45, 7) is 3.63. The number of rotatable bonds is 4. The molecule has 0 radical (unpaired) electrons. The summed E-state index contributed by atoms with van der Waals surface area (Å²) in [5, 5.41) is 7.22. The van der Waals surface area contributed by atoms with Crippen LogP contribution in [0.1, 0.15) is 5.82 Å². The lowest BCUT2D eigenvalue weighted by Gasteiger charge is -2.23. The number of hydrogen-bond donors (Lipinski definition) is 1. The van der Waals surface area contributed by atoms with Gasteiger partial charge in [-0.25, -0.2) is 4.98 Å². The van der Waals surface area contributed by atoms with Gasteiger partial charge in [0, 0.05) is 20.1 Å². The van der Waals surface area contributed by atoms with Gasteiger partial charge in [-0.3, -0.25) is 4.68 Å². The van der Waals surface area contributed by atoms with Crippen molar-refractivity contribution in [2.24, 2.45) is 7.05 Å². The first-order valence-electron chi connectivity index (χ1n) is 5.09. The van der Waals surface area contributed by atoms with Gasteiger partial charge in [-0.2, -0.15) is 5.10 Å². The first-order valence-corrected chi connectivity index (χ1v) is 5.09. The van der Waals surface area contributed by atoms with Crippen LogP contribution in [0.25, 0.3) is 0 Å². The molecule has 6 nitrogen and oxygen atoms in total. The van der Waals surface area contributed by atoms with E-state index in [1.54, 1.807) is 4.68 Å². The fraction of sp³-hybridized carbons (Fsp3) is 0.778. The van der Waals surface area contributed by atoms with Gasteiger partial charge in [-0.15, -0.1) is 0 Å². The quantitative estimate of drug-likeness (QED) is 0.716. The Morgan fingerprint density at radius 1 is 1.73 bits per heavy atom. The predicted molar refractivity (Wildman–Crippen MR) is 53.3 cm³/mol. The first-order chi connectivity index (χ1) is 7.36. The van der Waals surface area contributed by atoms with Crippen LogP contribution in [0.5, 0.6) is 0 Å². The summed E-state index contributed by atoms with van der Waals surface area (Å²) < 4.78 is 12.7. The van der Waals surface area contributed by atoms with E-state index in [1.165, 1.54) is 6.33 Å². The lowest BCUT2D eigenvalue weighted by molar-refractivity contribution is -0.0373. The number of morpholine rings is 1. The molecule has 6 heteroatoms. The van der Waals surface area contributed by atoms with Crippen molar-refractivity contribution >= 4 is 0 Å². The molecule has 0 aliphatic carbocycles. The molecule has 1 aliphatic heterocycles. The standard InChI is InChI=1S/C9H16N4O2/c1-13-9(11-7-12-13)6-14-5-8-4-10-2-3-15-8/h7-8,10H,2-6H2,1H3. The lowest BCUT2D eigenvalue weighted by Crippen LogP contribution is -2.41. The van der Waals surface area contributed by atoms with Crippen molar-refractivity contribution < 1.29 is 9.47 Å². The Bertz CT molecular complexity index is 296. The molecule has 0 saturated carbocycles. The van der Waals surface area contributed by atoms with E-state index in [2.05, 4.69) is 15.4 Å². The van der Waals surface area contributed by atoms with Gasteiger partial charge in [-0.1, -0.05) is 0 Å². The zero-order valence-corrected chi connectivity index (χ0v) is 8.85. The zero-order valence-electron chi connectivity index (χ0n) is 8.85. The molecule has 1 saturated heterocycles. The minimum absolute atomic E-state index is 0.159. The lowest BCUT2D eigenvalue weighted by atomic mass is 10.3. The minimum Gasteiger partial charge on any atom is -0.373 e. The van der Waals surface area contributed by atoms with Crippen LogP contribution in [0, 0.1) is 0 Å². The molecule has 0 aromatic carbocycles. The third-order valence-corrected chi connectivity index (χ3v) is 2.34. The summed E-state index contributed by atoms with van der Waals surface area (Å²) in [7, 11) is 1.85. The Morgan fingerprint density at radius 3 is 3.33 bits per heavy atom. The third-order valence-electron chi connectivity index (χ3n) is 2.34. The molecule has 0 amide bonds. The maximum absolute atomic E-state index is 5.51. The molecule has 1 aromatic rings. The molecule has 15 heavy (non-hydrogen) atoms. The molecule has 1 unspecified atom stereocenters. The smallest absolute Gasteiger partial charge is 0.152 e. The fourth-order valence-electron chi connectivity index (χ4n) is 1.46. The van der Waals surface area contributed by atoms with Crippen molar-refractivity contribution in [2.75, 3.05) is 26.3 Å².